The minimum absolute atomic E-state index is 0.000735. The third-order valence-corrected chi connectivity index (χ3v) is 8.94. The fourth-order valence-corrected chi connectivity index (χ4v) is 5.69. The molecule has 0 aromatic heterocycles. The van der Waals surface area contributed by atoms with Crippen LogP contribution in [0.1, 0.15) is 31.4 Å². The van der Waals surface area contributed by atoms with Gasteiger partial charge in [-0.05, 0) is 62.2 Å². The molecule has 1 atom stereocenters. The van der Waals surface area contributed by atoms with Crippen LogP contribution in [0, 0.1) is 6.92 Å². The van der Waals surface area contributed by atoms with Gasteiger partial charge in [0.15, 0.2) is 9.84 Å². The third-order valence-electron chi connectivity index (χ3n) is 5.66. The predicted molar refractivity (Wildman–Crippen MR) is 153 cm³/mol. The van der Waals surface area contributed by atoms with E-state index < -0.39 is 26.9 Å². The second kappa shape index (κ2) is 12.2. The van der Waals surface area contributed by atoms with Crippen LogP contribution in [0.3, 0.4) is 0 Å². The Morgan fingerprint density at radius 2 is 1.58 bits per heavy atom. The lowest BCUT2D eigenvalue weighted by atomic mass is 10.1. The van der Waals surface area contributed by atoms with E-state index in [4.69, 9.17) is 34.8 Å². The number of hydrogen-bond donors (Lipinski definition) is 3. The van der Waals surface area contributed by atoms with Gasteiger partial charge in [-0.2, -0.15) is 0 Å². The van der Waals surface area contributed by atoms with E-state index >= 15 is 0 Å². The van der Waals surface area contributed by atoms with E-state index in [1.54, 1.807) is 50.3 Å². The number of sulfone groups is 1. The average molecular weight is 596 g/mol. The Morgan fingerprint density at radius 1 is 0.921 bits per heavy atom. The van der Waals surface area contributed by atoms with Gasteiger partial charge in [0.2, 0.25) is 5.91 Å². The van der Waals surface area contributed by atoms with Crippen molar-refractivity contribution in [1.82, 2.24) is 0 Å². The van der Waals surface area contributed by atoms with E-state index in [0.717, 1.165) is 11.6 Å². The zero-order valence-electron chi connectivity index (χ0n) is 20.7. The van der Waals surface area contributed by atoms with Gasteiger partial charge in [-0.25, -0.2) is 8.42 Å². The van der Waals surface area contributed by atoms with Gasteiger partial charge in [0.25, 0.3) is 5.91 Å². The lowest BCUT2D eigenvalue weighted by molar-refractivity contribution is -0.116. The molecule has 0 bridgehead atoms. The van der Waals surface area contributed by atoms with Crippen LogP contribution < -0.4 is 10.6 Å². The van der Waals surface area contributed by atoms with Gasteiger partial charge in [-0.15, -0.1) is 0 Å². The minimum Gasteiger partial charge on any atom is -0.506 e. The second-order valence-corrected chi connectivity index (χ2v) is 11.9. The molecule has 3 N–H and O–H groups in total. The Kier molecular flexibility index (Phi) is 9.49. The Hall–Kier alpha value is -3.04. The maximum absolute atomic E-state index is 13.1. The summed E-state index contributed by atoms with van der Waals surface area (Å²) in [5.74, 6) is -1.70. The summed E-state index contributed by atoms with van der Waals surface area (Å²) < 4.78 is 26.1. The molecule has 3 rings (SSSR count). The number of carbonyl (C=O) groups excluding carboxylic acids is 2. The zero-order chi connectivity index (χ0) is 28.2. The topological polar surface area (TPSA) is 113 Å². The van der Waals surface area contributed by atoms with Crippen molar-refractivity contribution in [1.29, 1.82) is 0 Å². The number of halogens is 3. The average Bonchev–Trinajstić information content (AvgIpc) is 2.85. The third kappa shape index (κ3) is 6.88. The Bertz CT molecular complexity index is 1520. The van der Waals surface area contributed by atoms with Crippen LogP contribution in [0.2, 0.25) is 15.1 Å². The van der Waals surface area contributed by atoms with Crippen LogP contribution in [-0.2, 0) is 19.4 Å². The quantitative estimate of drug-likeness (QED) is 0.194. The largest absolute Gasteiger partial charge is 0.506 e. The number of phenols is 1. The van der Waals surface area contributed by atoms with Crippen molar-refractivity contribution in [2.75, 3.05) is 10.6 Å². The van der Waals surface area contributed by atoms with E-state index in [2.05, 4.69) is 10.6 Å². The summed E-state index contributed by atoms with van der Waals surface area (Å²) in [5.41, 5.74) is 1.84. The molecule has 11 heteroatoms. The fourth-order valence-electron chi connectivity index (χ4n) is 3.55. The van der Waals surface area contributed by atoms with Crippen molar-refractivity contribution in [2.45, 2.75) is 37.3 Å². The fraction of sp³-hybridized carbons (Fsp3) is 0.185. The van der Waals surface area contributed by atoms with E-state index in [1.807, 2.05) is 6.92 Å². The summed E-state index contributed by atoms with van der Waals surface area (Å²) >= 11 is 18.2. The zero-order valence-corrected chi connectivity index (χ0v) is 23.8. The molecule has 7 nitrogen and oxygen atoms in total. The number of aryl methyl sites for hydroxylation is 1. The van der Waals surface area contributed by atoms with Gasteiger partial charge in [-0.1, -0.05) is 65.5 Å². The maximum atomic E-state index is 13.1. The maximum Gasteiger partial charge on any atom is 0.251 e. The molecule has 0 aliphatic heterocycles. The molecule has 3 aromatic rings. The van der Waals surface area contributed by atoms with Crippen molar-refractivity contribution in [2.24, 2.45) is 0 Å². The number of anilines is 2. The van der Waals surface area contributed by atoms with Crippen molar-refractivity contribution in [3.05, 3.63) is 86.4 Å². The molecule has 0 fully saturated rings. The summed E-state index contributed by atoms with van der Waals surface area (Å²) in [5, 5.41) is 14.8. The van der Waals surface area contributed by atoms with E-state index in [-0.39, 0.29) is 33.5 Å². The van der Waals surface area contributed by atoms with Crippen molar-refractivity contribution >= 4 is 73.9 Å². The molecule has 3 aromatic carbocycles. The van der Waals surface area contributed by atoms with Crippen molar-refractivity contribution < 1.29 is 23.1 Å². The van der Waals surface area contributed by atoms with Gasteiger partial charge >= 0.3 is 0 Å². The number of nitrogens with one attached hydrogen (secondary N) is 2. The second-order valence-electron chi connectivity index (χ2n) is 8.55. The van der Waals surface area contributed by atoms with Crippen LogP contribution >= 0.6 is 34.8 Å². The highest BCUT2D eigenvalue weighted by molar-refractivity contribution is 7.92. The Balaban J connectivity index is 1.78. The molecular formula is C27H25Cl3N2O5S. The molecule has 0 spiro atoms. The first-order valence-electron chi connectivity index (χ1n) is 11.4. The Labute approximate surface area is 236 Å². The van der Waals surface area contributed by atoms with E-state index in [0.29, 0.717) is 21.2 Å². The highest BCUT2D eigenvalue weighted by atomic mass is 35.5. The highest BCUT2D eigenvalue weighted by Gasteiger charge is 2.33. The first kappa shape index (κ1) is 29.5. The number of aromatic hydroxyl groups is 1. The molecule has 0 saturated heterocycles. The van der Waals surface area contributed by atoms with Crippen molar-refractivity contribution in [3.63, 3.8) is 0 Å². The minimum atomic E-state index is -3.97. The Morgan fingerprint density at radius 3 is 2.18 bits per heavy atom. The SMILES string of the molecule is CCC(C(=O)Nc1cc(O)c(NC(=O)/C(C)=C\c2ccc(Cl)c(Cl)c2)cc1Cl)S(=O)(=O)c1ccc(C)cc1. The number of rotatable bonds is 8. The molecule has 38 heavy (non-hydrogen) atoms. The normalized spacial score (nSPS) is 12.6. The number of hydrogen-bond acceptors (Lipinski definition) is 5. The first-order valence-corrected chi connectivity index (χ1v) is 14.1. The summed E-state index contributed by atoms with van der Waals surface area (Å²) in [6.45, 7) is 4.99. The standard InChI is InChI=1S/C27H25Cl3N2O5S/c1-4-25(38(36,37)18-8-5-15(2)6-9-18)27(35)31-22-14-24(33)23(13-21(22)30)32-26(34)16(3)11-17-7-10-19(28)20(29)12-17/h5-14,25,33H,4H2,1-3H3,(H,31,35)(H,32,34)/b16-11-. The molecular weight excluding hydrogens is 571 g/mol. The van der Waals surface area contributed by atoms with E-state index in [9.17, 15) is 23.1 Å². The smallest absolute Gasteiger partial charge is 0.251 e. The molecule has 0 aliphatic carbocycles. The van der Waals surface area contributed by atoms with Crippen LogP contribution in [0.15, 0.2) is 65.1 Å². The van der Waals surface area contributed by atoms with Gasteiger partial charge in [0, 0.05) is 11.6 Å². The lowest BCUT2D eigenvalue weighted by Gasteiger charge is -2.18. The molecule has 0 heterocycles. The summed E-state index contributed by atoms with van der Waals surface area (Å²) in [7, 11) is -3.97. The van der Waals surface area contributed by atoms with Crippen molar-refractivity contribution in [3.8, 4) is 5.75 Å². The molecule has 0 aliphatic rings. The monoisotopic (exact) mass is 594 g/mol. The number of phenolic OH excluding ortho intramolecular Hbond substituents is 1. The van der Waals surface area contributed by atoms with Crippen LogP contribution in [0.25, 0.3) is 6.08 Å². The molecule has 0 saturated carbocycles. The van der Waals surface area contributed by atoms with Gasteiger partial charge in [-0.3, -0.25) is 9.59 Å². The number of amides is 2. The summed E-state index contributed by atoms with van der Waals surface area (Å²) in [6.07, 6.45) is 1.61. The van der Waals surface area contributed by atoms with Crippen LogP contribution in [-0.4, -0.2) is 30.6 Å². The molecule has 1 unspecified atom stereocenters. The molecule has 2 amide bonds. The summed E-state index contributed by atoms with van der Waals surface area (Å²) in [6, 6.07) is 13.5. The van der Waals surface area contributed by atoms with Gasteiger partial charge in [0.05, 0.1) is 31.3 Å². The summed E-state index contributed by atoms with van der Waals surface area (Å²) in [4.78, 5) is 25.6. The number of benzene rings is 3. The molecule has 0 radical (unpaired) electrons. The van der Waals surface area contributed by atoms with E-state index in [1.165, 1.54) is 18.2 Å². The van der Waals surface area contributed by atoms with Gasteiger partial charge < -0.3 is 15.7 Å². The highest BCUT2D eigenvalue weighted by Crippen LogP contribution is 2.35. The molecule has 200 valence electrons. The number of carbonyl (C=O) groups is 2. The predicted octanol–water partition coefficient (Wildman–Crippen LogP) is 6.89. The van der Waals surface area contributed by atoms with Crippen LogP contribution in [0.5, 0.6) is 5.75 Å². The lowest BCUT2D eigenvalue weighted by Crippen LogP contribution is -2.34. The first-order chi connectivity index (χ1) is 17.8. The van der Waals surface area contributed by atoms with Crippen LogP contribution in [0.4, 0.5) is 11.4 Å². The van der Waals surface area contributed by atoms with Gasteiger partial charge in [0.1, 0.15) is 11.0 Å².